The molecule has 1 heterocycles. The maximum absolute atomic E-state index is 12.7. The van der Waals surface area contributed by atoms with Crippen molar-refractivity contribution in [3.8, 4) is 0 Å². The zero-order valence-corrected chi connectivity index (χ0v) is 19.5. The van der Waals surface area contributed by atoms with Crippen molar-refractivity contribution in [1.29, 1.82) is 0 Å². The van der Waals surface area contributed by atoms with Crippen LogP contribution in [0.3, 0.4) is 0 Å². The molecule has 1 saturated heterocycles. The van der Waals surface area contributed by atoms with Crippen molar-refractivity contribution in [1.82, 2.24) is 9.62 Å². The van der Waals surface area contributed by atoms with Crippen molar-refractivity contribution in [2.75, 3.05) is 48.7 Å². The minimum absolute atomic E-state index is 0.288. The number of para-hydroxylation sites is 1. The number of carbonyl (C=O) groups is 2. The van der Waals surface area contributed by atoms with Crippen molar-refractivity contribution in [3.63, 3.8) is 0 Å². The zero-order valence-electron chi connectivity index (χ0n) is 18.7. The smallest absolute Gasteiger partial charge is 0.243 e. The van der Waals surface area contributed by atoms with Gasteiger partial charge in [-0.25, -0.2) is 8.42 Å². The minimum Gasteiger partial charge on any atom is -0.369 e. The fourth-order valence-electron chi connectivity index (χ4n) is 3.73. The Morgan fingerprint density at radius 3 is 2.16 bits per heavy atom. The lowest BCUT2D eigenvalue weighted by Crippen LogP contribution is -2.51. The highest BCUT2D eigenvalue weighted by atomic mass is 32.2. The highest BCUT2D eigenvalue weighted by Crippen LogP contribution is 2.20. The number of hydrogen-bond donors (Lipinski definition) is 2. The Bertz CT molecular complexity index is 1070. The molecule has 0 saturated carbocycles. The molecule has 2 aromatic carbocycles. The number of amides is 2. The second kappa shape index (κ2) is 10.1. The van der Waals surface area contributed by atoms with Crippen molar-refractivity contribution in [3.05, 3.63) is 59.2 Å². The zero-order chi connectivity index (χ0) is 23.3. The lowest BCUT2D eigenvalue weighted by molar-refractivity contribution is -0.122. The molecule has 0 spiro atoms. The highest BCUT2D eigenvalue weighted by Gasteiger charge is 2.29. The third-order valence-electron chi connectivity index (χ3n) is 5.50. The van der Waals surface area contributed by atoms with Crippen LogP contribution in [0.25, 0.3) is 0 Å². The van der Waals surface area contributed by atoms with E-state index in [1.165, 1.54) is 4.31 Å². The Balaban J connectivity index is 1.48. The van der Waals surface area contributed by atoms with Crippen LogP contribution in [0.15, 0.2) is 42.5 Å². The second-order valence-corrected chi connectivity index (χ2v) is 10.0. The number of aryl methyl sites for hydroxylation is 3. The van der Waals surface area contributed by atoms with Gasteiger partial charge in [0.2, 0.25) is 21.8 Å². The van der Waals surface area contributed by atoms with E-state index in [0.717, 1.165) is 22.4 Å². The van der Waals surface area contributed by atoms with Crippen LogP contribution in [0.2, 0.25) is 0 Å². The Labute approximate surface area is 189 Å². The second-order valence-electron chi connectivity index (χ2n) is 8.07. The molecule has 2 N–H and O–H groups in total. The van der Waals surface area contributed by atoms with Crippen LogP contribution in [-0.4, -0.2) is 63.0 Å². The molecule has 1 aliphatic heterocycles. The minimum atomic E-state index is -3.75. The first-order valence-electron chi connectivity index (χ1n) is 10.6. The van der Waals surface area contributed by atoms with Crippen LogP contribution in [0.5, 0.6) is 0 Å². The van der Waals surface area contributed by atoms with Gasteiger partial charge in [-0.15, -0.1) is 0 Å². The monoisotopic (exact) mass is 458 g/mol. The Kier molecular flexibility index (Phi) is 7.52. The van der Waals surface area contributed by atoms with Crippen LogP contribution in [0.4, 0.5) is 11.4 Å². The largest absolute Gasteiger partial charge is 0.369 e. The molecule has 9 heteroatoms. The van der Waals surface area contributed by atoms with Crippen molar-refractivity contribution in [2.24, 2.45) is 0 Å². The molecule has 3 rings (SSSR count). The summed E-state index contributed by atoms with van der Waals surface area (Å²) < 4.78 is 26.7. The number of rotatable bonds is 7. The van der Waals surface area contributed by atoms with Gasteiger partial charge in [-0.05, 0) is 49.6 Å². The summed E-state index contributed by atoms with van der Waals surface area (Å²) in [5.41, 5.74) is 4.74. The number of hydrogen-bond acceptors (Lipinski definition) is 5. The Hall–Kier alpha value is -2.91. The summed E-state index contributed by atoms with van der Waals surface area (Å²) in [6.45, 7) is 7.24. The first kappa shape index (κ1) is 23.7. The number of anilines is 2. The predicted octanol–water partition coefficient (Wildman–Crippen LogP) is 1.82. The van der Waals surface area contributed by atoms with E-state index in [-0.39, 0.29) is 6.54 Å². The van der Waals surface area contributed by atoms with Gasteiger partial charge < -0.3 is 15.5 Å². The van der Waals surface area contributed by atoms with E-state index >= 15 is 0 Å². The molecular formula is C23H30N4O4S. The summed E-state index contributed by atoms with van der Waals surface area (Å²) in [5, 5.41) is 5.18. The van der Waals surface area contributed by atoms with Gasteiger partial charge in [0.25, 0.3) is 0 Å². The third-order valence-corrected chi connectivity index (χ3v) is 7.28. The van der Waals surface area contributed by atoms with Gasteiger partial charge in [0.05, 0.1) is 6.54 Å². The molecule has 0 aliphatic carbocycles. The number of carbonyl (C=O) groups excluding carboxylic acids is 2. The van der Waals surface area contributed by atoms with E-state index < -0.39 is 27.6 Å². The molecule has 0 unspecified atom stereocenters. The standard InChI is InChI=1S/C23H30N4O4S/c1-17-6-4-9-20(14-17)26-10-12-27(13-11-26)32(30,31)16-22(29)24-15-21(28)25-23-18(2)7-5-8-19(23)3/h4-9,14H,10-13,15-16H2,1-3H3,(H,24,29)(H,25,28). The Morgan fingerprint density at radius 2 is 1.53 bits per heavy atom. The molecule has 2 amide bonds. The van der Waals surface area contributed by atoms with Crippen molar-refractivity contribution in [2.45, 2.75) is 20.8 Å². The molecule has 172 valence electrons. The first-order valence-corrected chi connectivity index (χ1v) is 12.2. The van der Waals surface area contributed by atoms with Crippen LogP contribution in [0, 0.1) is 20.8 Å². The summed E-state index contributed by atoms with van der Waals surface area (Å²) in [6, 6.07) is 13.7. The molecule has 2 aromatic rings. The van der Waals surface area contributed by atoms with Crippen LogP contribution >= 0.6 is 0 Å². The molecular weight excluding hydrogens is 428 g/mol. The van der Waals surface area contributed by atoms with Crippen LogP contribution < -0.4 is 15.5 Å². The molecule has 0 aromatic heterocycles. The topological polar surface area (TPSA) is 98.8 Å². The molecule has 1 fully saturated rings. The summed E-state index contributed by atoms with van der Waals surface area (Å²) in [5.74, 6) is -1.77. The van der Waals surface area contributed by atoms with Gasteiger partial charge in [-0.1, -0.05) is 30.3 Å². The van der Waals surface area contributed by atoms with E-state index in [0.29, 0.717) is 31.9 Å². The van der Waals surface area contributed by atoms with E-state index in [4.69, 9.17) is 0 Å². The highest BCUT2D eigenvalue weighted by molar-refractivity contribution is 7.89. The molecule has 8 nitrogen and oxygen atoms in total. The maximum Gasteiger partial charge on any atom is 0.243 e. The fraction of sp³-hybridized carbons (Fsp3) is 0.391. The van der Waals surface area contributed by atoms with Gasteiger partial charge >= 0.3 is 0 Å². The number of nitrogens with one attached hydrogen (secondary N) is 2. The van der Waals surface area contributed by atoms with Gasteiger partial charge in [0, 0.05) is 37.6 Å². The molecule has 1 aliphatic rings. The van der Waals surface area contributed by atoms with Gasteiger partial charge in [0.15, 0.2) is 0 Å². The molecule has 32 heavy (non-hydrogen) atoms. The van der Waals surface area contributed by atoms with Gasteiger partial charge in [0.1, 0.15) is 5.75 Å². The van der Waals surface area contributed by atoms with E-state index in [1.54, 1.807) is 0 Å². The average Bonchev–Trinajstić information content (AvgIpc) is 2.75. The normalized spacial score (nSPS) is 14.8. The number of nitrogens with zero attached hydrogens (tertiary/aromatic N) is 2. The van der Waals surface area contributed by atoms with Crippen molar-refractivity contribution < 1.29 is 18.0 Å². The molecule has 0 atom stereocenters. The fourth-order valence-corrected chi connectivity index (χ4v) is 5.07. The van der Waals surface area contributed by atoms with Crippen LogP contribution in [0.1, 0.15) is 16.7 Å². The van der Waals surface area contributed by atoms with Gasteiger partial charge in [-0.2, -0.15) is 4.31 Å². The third kappa shape index (κ3) is 6.08. The van der Waals surface area contributed by atoms with Crippen LogP contribution in [-0.2, 0) is 19.6 Å². The summed E-state index contributed by atoms with van der Waals surface area (Å²) in [7, 11) is -3.75. The number of sulfonamides is 1. The first-order chi connectivity index (χ1) is 15.2. The van der Waals surface area contributed by atoms with E-state index in [9.17, 15) is 18.0 Å². The SMILES string of the molecule is Cc1cccc(N2CCN(S(=O)(=O)CC(=O)NCC(=O)Nc3c(C)cccc3C)CC2)c1. The molecule has 0 bridgehead atoms. The lowest BCUT2D eigenvalue weighted by atomic mass is 10.1. The number of piperazine rings is 1. The maximum atomic E-state index is 12.7. The molecule has 0 radical (unpaired) electrons. The average molecular weight is 459 g/mol. The van der Waals surface area contributed by atoms with E-state index in [1.807, 2.05) is 57.2 Å². The van der Waals surface area contributed by atoms with E-state index in [2.05, 4.69) is 21.6 Å². The quantitative estimate of drug-likeness (QED) is 0.660. The Morgan fingerprint density at radius 1 is 0.906 bits per heavy atom. The summed E-state index contributed by atoms with van der Waals surface area (Å²) >= 11 is 0. The summed E-state index contributed by atoms with van der Waals surface area (Å²) in [4.78, 5) is 26.5. The predicted molar refractivity (Wildman–Crippen MR) is 126 cm³/mol. The number of benzene rings is 2. The summed E-state index contributed by atoms with van der Waals surface area (Å²) in [6.07, 6.45) is 0. The van der Waals surface area contributed by atoms with Gasteiger partial charge in [-0.3, -0.25) is 9.59 Å². The lowest BCUT2D eigenvalue weighted by Gasteiger charge is -2.35. The van der Waals surface area contributed by atoms with Crippen molar-refractivity contribution >= 4 is 33.2 Å².